The summed E-state index contributed by atoms with van der Waals surface area (Å²) in [7, 11) is 0. The van der Waals surface area contributed by atoms with Gasteiger partial charge in [0.15, 0.2) is 0 Å². The van der Waals surface area contributed by atoms with Crippen LogP contribution in [-0.4, -0.2) is 39.4 Å². The van der Waals surface area contributed by atoms with E-state index in [1.807, 2.05) is 41.5 Å². The lowest BCUT2D eigenvalue weighted by molar-refractivity contribution is 0.00668. The van der Waals surface area contributed by atoms with Crippen molar-refractivity contribution in [2.24, 2.45) is 5.41 Å². The molecule has 90 valence electrons. The lowest BCUT2D eigenvalue weighted by Crippen LogP contribution is -2.50. The summed E-state index contributed by atoms with van der Waals surface area (Å²) in [6, 6.07) is 0. The predicted octanol–water partition coefficient (Wildman–Crippen LogP) is 2.17. The summed E-state index contributed by atoms with van der Waals surface area (Å²) >= 11 is 0. The maximum atomic E-state index is 11.0. The highest BCUT2D eigenvalue weighted by Gasteiger charge is 2.32. The van der Waals surface area contributed by atoms with Gasteiger partial charge in [-0.3, -0.25) is 0 Å². The van der Waals surface area contributed by atoms with E-state index < -0.39 is 17.7 Å². The van der Waals surface area contributed by atoms with Gasteiger partial charge in [-0.1, -0.05) is 20.8 Å². The van der Waals surface area contributed by atoms with Crippen LogP contribution in [0.5, 0.6) is 0 Å². The van der Waals surface area contributed by atoms with E-state index in [1.165, 1.54) is 4.90 Å². The lowest BCUT2D eigenvalue weighted by Gasteiger charge is -2.37. The Balaban J connectivity index is 4.65. The minimum absolute atomic E-state index is 0.141. The summed E-state index contributed by atoms with van der Waals surface area (Å²) in [6.45, 7) is 11.3. The first-order valence-electron chi connectivity index (χ1n) is 5.15. The molecule has 0 aliphatic carbocycles. The summed E-state index contributed by atoms with van der Waals surface area (Å²) in [5.41, 5.74) is -0.795. The van der Waals surface area contributed by atoms with E-state index in [9.17, 15) is 9.90 Å². The Bertz CT molecular complexity index is 225. The fourth-order valence-corrected chi connectivity index (χ4v) is 1.09. The van der Waals surface area contributed by atoms with Crippen LogP contribution in [0.1, 0.15) is 41.5 Å². The molecule has 15 heavy (non-hydrogen) atoms. The van der Waals surface area contributed by atoms with Crippen LogP contribution >= 0.6 is 0 Å². The summed E-state index contributed by atoms with van der Waals surface area (Å²) in [6.07, 6.45) is -1.65. The molecule has 0 bridgehead atoms. The van der Waals surface area contributed by atoms with Gasteiger partial charge in [-0.2, -0.15) is 0 Å². The molecule has 1 amide bonds. The number of hydrogen-bond acceptors (Lipinski definition) is 2. The van der Waals surface area contributed by atoms with E-state index in [4.69, 9.17) is 5.11 Å². The second-order valence-corrected chi connectivity index (χ2v) is 5.95. The number of hydrogen-bond donors (Lipinski definition) is 2. The molecule has 0 saturated heterocycles. The zero-order chi connectivity index (χ0) is 12.4. The van der Waals surface area contributed by atoms with Gasteiger partial charge >= 0.3 is 6.09 Å². The molecule has 2 N–H and O–H groups in total. The van der Waals surface area contributed by atoms with Crippen molar-refractivity contribution >= 4 is 6.09 Å². The van der Waals surface area contributed by atoms with E-state index in [0.717, 1.165) is 0 Å². The molecule has 1 unspecified atom stereocenters. The molecular weight excluding hydrogens is 194 g/mol. The Morgan fingerprint density at radius 3 is 1.80 bits per heavy atom. The highest BCUT2D eigenvalue weighted by Crippen LogP contribution is 2.23. The topological polar surface area (TPSA) is 60.8 Å². The number of rotatable bonds is 2. The molecular formula is C11H23NO3. The molecule has 1 atom stereocenters. The number of β-amino-alcohol motifs (C(OH)–C–C–N with tert-alkyl or cyclic N) is 1. The number of carbonyl (C=O) groups is 1. The maximum Gasteiger partial charge on any atom is 0.407 e. The molecule has 0 spiro atoms. The zero-order valence-corrected chi connectivity index (χ0v) is 10.5. The Hall–Kier alpha value is -0.770. The average Bonchev–Trinajstić information content (AvgIpc) is 1.94. The van der Waals surface area contributed by atoms with Gasteiger partial charge in [0, 0.05) is 5.54 Å². The zero-order valence-electron chi connectivity index (χ0n) is 10.5. The fourth-order valence-electron chi connectivity index (χ4n) is 1.09. The lowest BCUT2D eigenvalue weighted by atomic mass is 9.88. The predicted molar refractivity (Wildman–Crippen MR) is 59.9 cm³/mol. The molecule has 0 aliphatic rings. The monoisotopic (exact) mass is 217 g/mol. The fraction of sp³-hybridized carbons (Fsp3) is 0.909. The molecule has 0 fully saturated rings. The summed E-state index contributed by atoms with van der Waals surface area (Å²) in [4.78, 5) is 12.3. The standard InChI is InChI=1S/C11H23NO3/c1-10(2,3)8(13)7-12(9(14)15)11(4,5)6/h8,13H,7H2,1-6H3,(H,14,15). The van der Waals surface area contributed by atoms with Crippen molar-refractivity contribution in [1.29, 1.82) is 0 Å². The molecule has 0 rings (SSSR count). The molecule has 0 saturated carbocycles. The Labute approximate surface area is 91.9 Å². The van der Waals surface area contributed by atoms with Crippen LogP contribution in [0.4, 0.5) is 4.79 Å². The SMILES string of the molecule is CC(C)(C)C(O)CN(C(=O)O)C(C)(C)C. The number of carboxylic acid groups (broad SMARTS) is 1. The molecule has 0 aromatic carbocycles. The maximum absolute atomic E-state index is 11.0. The number of nitrogens with zero attached hydrogens (tertiary/aromatic N) is 1. The first-order valence-corrected chi connectivity index (χ1v) is 5.15. The molecule has 4 heteroatoms. The second-order valence-electron chi connectivity index (χ2n) is 5.95. The van der Waals surface area contributed by atoms with Gasteiger partial charge in [0.25, 0.3) is 0 Å². The number of amides is 1. The van der Waals surface area contributed by atoms with E-state index >= 15 is 0 Å². The van der Waals surface area contributed by atoms with Crippen molar-refractivity contribution < 1.29 is 15.0 Å². The van der Waals surface area contributed by atoms with E-state index in [2.05, 4.69) is 0 Å². The summed E-state index contributed by atoms with van der Waals surface area (Å²) < 4.78 is 0. The average molecular weight is 217 g/mol. The first-order chi connectivity index (χ1) is 6.46. The second kappa shape index (κ2) is 4.39. The highest BCUT2D eigenvalue weighted by molar-refractivity contribution is 5.66. The largest absolute Gasteiger partial charge is 0.465 e. The summed E-state index contributed by atoms with van der Waals surface area (Å²) in [5.74, 6) is 0. The van der Waals surface area contributed by atoms with Crippen molar-refractivity contribution in [3.63, 3.8) is 0 Å². The van der Waals surface area contributed by atoms with Crippen LogP contribution in [0.2, 0.25) is 0 Å². The van der Waals surface area contributed by atoms with Gasteiger partial charge in [0.05, 0.1) is 12.6 Å². The van der Waals surface area contributed by atoms with Gasteiger partial charge in [0.2, 0.25) is 0 Å². The third-order valence-corrected chi connectivity index (χ3v) is 2.40. The van der Waals surface area contributed by atoms with Crippen LogP contribution in [0.15, 0.2) is 0 Å². The van der Waals surface area contributed by atoms with Crippen molar-refractivity contribution in [1.82, 2.24) is 4.90 Å². The van der Waals surface area contributed by atoms with Crippen molar-refractivity contribution in [3.05, 3.63) is 0 Å². The van der Waals surface area contributed by atoms with Gasteiger partial charge in [0.1, 0.15) is 0 Å². The number of aliphatic hydroxyl groups excluding tert-OH is 1. The summed E-state index contributed by atoms with van der Waals surface area (Å²) in [5, 5.41) is 18.9. The molecule has 0 radical (unpaired) electrons. The first kappa shape index (κ1) is 14.2. The van der Waals surface area contributed by atoms with Crippen LogP contribution in [-0.2, 0) is 0 Å². The van der Waals surface area contributed by atoms with E-state index in [1.54, 1.807) is 0 Å². The molecule has 0 heterocycles. The smallest absolute Gasteiger partial charge is 0.407 e. The quantitative estimate of drug-likeness (QED) is 0.745. The highest BCUT2D eigenvalue weighted by atomic mass is 16.4. The van der Waals surface area contributed by atoms with Crippen LogP contribution in [0, 0.1) is 5.41 Å². The van der Waals surface area contributed by atoms with E-state index in [0.29, 0.717) is 0 Å². The van der Waals surface area contributed by atoms with Gasteiger partial charge in [-0.05, 0) is 26.2 Å². The Kier molecular flexibility index (Phi) is 4.17. The van der Waals surface area contributed by atoms with Gasteiger partial charge in [-0.25, -0.2) is 4.79 Å². The minimum Gasteiger partial charge on any atom is -0.465 e. The van der Waals surface area contributed by atoms with Crippen LogP contribution < -0.4 is 0 Å². The van der Waals surface area contributed by atoms with Crippen molar-refractivity contribution in [3.8, 4) is 0 Å². The number of aliphatic hydroxyl groups is 1. The third kappa shape index (κ3) is 4.51. The molecule has 0 aliphatic heterocycles. The van der Waals surface area contributed by atoms with Crippen molar-refractivity contribution in [2.45, 2.75) is 53.2 Å². The minimum atomic E-state index is -0.995. The molecule has 4 nitrogen and oxygen atoms in total. The van der Waals surface area contributed by atoms with Gasteiger partial charge in [-0.15, -0.1) is 0 Å². The van der Waals surface area contributed by atoms with Crippen LogP contribution in [0.3, 0.4) is 0 Å². The normalized spacial score (nSPS) is 14.9. The molecule has 0 aromatic rings. The van der Waals surface area contributed by atoms with E-state index in [-0.39, 0.29) is 12.0 Å². The van der Waals surface area contributed by atoms with Crippen molar-refractivity contribution in [2.75, 3.05) is 6.54 Å². The van der Waals surface area contributed by atoms with Gasteiger partial charge < -0.3 is 15.1 Å². The molecule has 0 aromatic heterocycles. The Morgan fingerprint density at radius 2 is 1.60 bits per heavy atom. The third-order valence-electron chi connectivity index (χ3n) is 2.40. The van der Waals surface area contributed by atoms with Crippen LogP contribution in [0.25, 0.3) is 0 Å². The Morgan fingerprint density at radius 1 is 1.20 bits per heavy atom.